The molecule has 1 aliphatic heterocycles. The van der Waals surface area contributed by atoms with Crippen molar-refractivity contribution in [1.82, 2.24) is 4.98 Å². The van der Waals surface area contributed by atoms with Gasteiger partial charge in [-0.2, -0.15) is 0 Å². The van der Waals surface area contributed by atoms with Crippen molar-refractivity contribution in [3.63, 3.8) is 0 Å². The summed E-state index contributed by atoms with van der Waals surface area (Å²) in [6.07, 6.45) is 3.10. The average Bonchev–Trinajstić information content (AvgIpc) is 3.05. The number of nitro benzene ring substituents is 1. The summed E-state index contributed by atoms with van der Waals surface area (Å²) in [6.45, 7) is 1.82. The third-order valence-corrected chi connectivity index (χ3v) is 5.17. The molecule has 3 aromatic rings. The second kappa shape index (κ2) is 7.83. The van der Waals surface area contributed by atoms with Gasteiger partial charge < -0.3 is 5.11 Å². The van der Waals surface area contributed by atoms with Gasteiger partial charge in [0.15, 0.2) is 0 Å². The predicted octanol–water partition coefficient (Wildman–Crippen LogP) is 3.92. The number of nitrogens with zero attached hydrogens (tertiary/aromatic N) is 3. The fraction of sp³-hybridized carbons (Fsp3) is 0.0870. The maximum atomic E-state index is 13.1. The van der Waals surface area contributed by atoms with Gasteiger partial charge in [0.2, 0.25) is 0 Å². The van der Waals surface area contributed by atoms with E-state index in [0.29, 0.717) is 11.3 Å². The molecular formula is C23H17N3O5. The van der Waals surface area contributed by atoms with E-state index in [2.05, 4.69) is 4.98 Å². The Kier molecular flexibility index (Phi) is 5.04. The molecular weight excluding hydrogens is 398 g/mol. The Balaban J connectivity index is 1.92. The summed E-state index contributed by atoms with van der Waals surface area (Å²) in [5.74, 6) is -2.02. The van der Waals surface area contributed by atoms with Crippen LogP contribution in [0.4, 0.5) is 11.4 Å². The molecule has 0 bridgehead atoms. The van der Waals surface area contributed by atoms with Gasteiger partial charge in [-0.05, 0) is 42.3 Å². The molecule has 2 heterocycles. The van der Waals surface area contributed by atoms with Crippen LogP contribution in [0, 0.1) is 17.0 Å². The number of aliphatic hydroxyl groups excluding tert-OH is 1. The van der Waals surface area contributed by atoms with Gasteiger partial charge in [-0.25, -0.2) is 0 Å². The molecule has 1 amide bonds. The minimum absolute atomic E-state index is 0.102. The number of ketones is 1. The van der Waals surface area contributed by atoms with Crippen LogP contribution in [0.5, 0.6) is 0 Å². The Hall–Kier alpha value is -4.33. The quantitative estimate of drug-likeness (QED) is 0.227. The number of aromatic nitrogens is 1. The van der Waals surface area contributed by atoms with Gasteiger partial charge in [-0.1, -0.05) is 24.3 Å². The Morgan fingerprint density at radius 1 is 1.06 bits per heavy atom. The molecule has 2 aromatic carbocycles. The molecule has 1 atom stereocenters. The van der Waals surface area contributed by atoms with E-state index in [1.807, 2.05) is 19.1 Å². The first-order valence-corrected chi connectivity index (χ1v) is 9.41. The monoisotopic (exact) mass is 415 g/mol. The van der Waals surface area contributed by atoms with Gasteiger partial charge in [0.05, 0.1) is 16.5 Å². The molecule has 1 aromatic heterocycles. The number of non-ortho nitro benzene ring substituents is 1. The summed E-state index contributed by atoms with van der Waals surface area (Å²) in [7, 11) is 0. The fourth-order valence-corrected chi connectivity index (χ4v) is 3.66. The largest absolute Gasteiger partial charge is 0.507 e. The second-order valence-electron chi connectivity index (χ2n) is 7.05. The number of hydrogen-bond acceptors (Lipinski definition) is 6. The molecule has 1 N–H and O–H groups in total. The first kappa shape index (κ1) is 20.0. The first-order chi connectivity index (χ1) is 14.9. The molecule has 0 radical (unpaired) electrons. The van der Waals surface area contributed by atoms with Crippen molar-refractivity contribution in [2.24, 2.45) is 0 Å². The SMILES string of the molecule is Cc1ccccc1N1C(=O)C(=O)/C(=C(\O)c2ccc([N+](=O)[O-])cc2)C1c1cccnc1. The molecule has 31 heavy (non-hydrogen) atoms. The Bertz CT molecular complexity index is 1220. The number of para-hydroxylation sites is 1. The van der Waals surface area contributed by atoms with Crippen LogP contribution in [0.2, 0.25) is 0 Å². The van der Waals surface area contributed by atoms with Crippen molar-refractivity contribution in [2.45, 2.75) is 13.0 Å². The van der Waals surface area contributed by atoms with E-state index in [-0.39, 0.29) is 16.8 Å². The summed E-state index contributed by atoms with van der Waals surface area (Å²) in [5.41, 5.74) is 1.82. The van der Waals surface area contributed by atoms with Crippen LogP contribution in [0.1, 0.15) is 22.7 Å². The highest BCUT2D eigenvalue weighted by molar-refractivity contribution is 6.51. The van der Waals surface area contributed by atoms with E-state index in [4.69, 9.17) is 0 Å². The summed E-state index contributed by atoms with van der Waals surface area (Å²) in [6, 6.07) is 14.8. The standard InChI is InChI=1S/C23H17N3O5/c1-14-5-2-3-7-18(14)25-20(16-6-4-12-24-13-16)19(22(28)23(25)29)21(27)15-8-10-17(11-9-15)26(30)31/h2-13,20,27H,1H3/b21-19-. The summed E-state index contributed by atoms with van der Waals surface area (Å²) >= 11 is 0. The van der Waals surface area contributed by atoms with Gasteiger partial charge >= 0.3 is 0 Å². The molecule has 1 saturated heterocycles. The van der Waals surface area contributed by atoms with Crippen molar-refractivity contribution in [2.75, 3.05) is 4.90 Å². The second-order valence-corrected chi connectivity index (χ2v) is 7.05. The van der Waals surface area contributed by atoms with E-state index in [9.17, 15) is 24.8 Å². The van der Waals surface area contributed by atoms with Crippen LogP contribution in [0.15, 0.2) is 78.6 Å². The number of aliphatic hydroxyl groups is 1. The number of benzene rings is 2. The minimum atomic E-state index is -0.898. The number of nitro groups is 1. The van der Waals surface area contributed by atoms with Crippen LogP contribution in [0.25, 0.3) is 5.76 Å². The van der Waals surface area contributed by atoms with Gasteiger partial charge in [0.1, 0.15) is 5.76 Å². The Labute approximate surface area is 177 Å². The highest BCUT2D eigenvalue weighted by Crippen LogP contribution is 2.42. The van der Waals surface area contributed by atoms with Crippen LogP contribution in [0.3, 0.4) is 0 Å². The average molecular weight is 415 g/mol. The lowest BCUT2D eigenvalue weighted by molar-refractivity contribution is -0.384. The van der Waals surface area contributed by atoms with Crippen LogP contribution in [-0.4, -0.2) is 26.7 Å². The van der Waals surface area contributed by atoms with Gasteiger partial charge in [-0.3, -0.25) is 29.6 Å². The minimum Gasteiger partial charge on any atom is -0.507 e. The van der Waals surface area contributed by atoms with Crippen molar-refractivity contribution < 1.29 is 19.6 Å². The van der Waals surface area contributed by atoms with Gasteiger partial charge in [0, 0.05) is 35.8 Å². The Morgan fingerprint density at radius 3 is 2.39 bits per heavy atom. The zero-order valence-electron chi connectivity index (χ0n) is 16.4. The number of pyridine rings is 1. The fourth-order valence-electron chi connectivity index (χ4n) is 3.66. The number of rotatable bonds is 4. The number of carbonyl (C=O) groups is 2. The van der Waals surface area contributed by atoms with E-state index in [1.54, 1.807) is 30.5 Å². The van der Waals surface area contributed by atoms with Crippen molar-refractivity contribution in [1.29, 1.82) is 0 Å². The molecule has 0 spiro atoms. The third-order valence-electron chi connectivity index (χ3n) is 5.17. The van der Waals surface area contributed by atoms with Crippen molar-refractivity contribution in [3.05, 3.63) is 105 Å². The smallest absolute Gasteiger partial charge is 0.300 e. The lowest BCUT2D eigenvalue weighted by Gasteiger charge is -2.26. The molecule has 0 aliphatic carbocycles. The summed E-state index contributed by atoms with van der Waals surface area (Å²) < 4.78 is 0. The Morgan fingerprint density at radius 2 is 1.77 bits per heavy atom. The molecule has 154 valence electrons. The number of Topliss-reactive ketones (excluding diaryl/α,β-unsaturated/α-hetero) is 1. The van der Waals surface area contributed by atoms with Gasteiger partial charge in [-0.15, -0.1) is 0 Å². The van der Waals surface area contributed by atoms with E-state index >= 15 is 0 Å². The predicted molar refractivity (Wildman–Crippen MR) is 113 cm³/mol. The molecule has 1 aliphatic rings. The maximum absolute atomic E-state index is 13.1. The normalized spacial score (nSPS) is 17.7. The first-order valence-electron chi connectivity index (χ1n) is 9.41. The molecule has 1 unspecified atom stereocenters. The molecule has 1 fully saturated rings. The zero-order chi connectivity index (χ0) is 22.1. The lowest BCUT2D eigenvalue weighted by Crippen LogP contribution is -2.30. The highest BCUT2D eigenvalue weighted by Gasteiger charge is 2.47. The third kappa shape index (κ3) is 3.44. The van der Waals surface area contributed by atoms with Crippen molar-refractivity contribution in [3.8, 4) is 0 Å². The highest BCUT2D eigenvalue weighted by atomic mass is 16.6. The number of hydrogen-bond donors (Lipinski definition) is 1. The molecule has 8 heteroatoms. The van der Waals surface area contributed by atoms with E-state index in [1.165, 1.54) is 35.4 Å². The van der Waals surface area contributed by atoms with Gasteiger partial charge in [0.25, 0.3) is 17.4 Å². The van der Waals surface area contributed by atoms with Crippen LogP contribution in [-0.2, 0) is 9.59 Å². The van der Waals surface area contributed by atoms with Crippen LogP contribution < -0.4 is 4.90 Å². The zero-order valence-corrected chi connectivity index (χ0v) is 16.4. The number of aryl methyl sites for hydroxylation is 1. The van der Waals surface area contributed by atoms with Crippen molar-refractivity contribution >= 4 is 28.8 Å². The summed E-state index contributed by atoms with van der Waals surface area (Å²) in [5, 5.41) is 21.9. The summed E-state index contributed by atoms with van der Waals surface area (Å²) in [4.78, 5) is 41.9. The molecule has 0 saturated carbocycles. The molecule has 4 rings (SSSR count). The topological polar surface area (TPSA) is 114 Å². The van der Waals surface area contributed by atoms with E-state index < -0.39 is 28.4 Å². The number of amides is 1. The van der Waals surface area contributed by atoms with Crippen LogP contribution >= 0.6 is 0 Å². The maximum Gasteiger partial charge on any atom is 0.300 e. The lowest BCUT2D eigenvalue weighted by atomic mass is 9.96. The molecule has 8 nitrogen and oxygen atoms in total. The number of anilines is 1. The number of carbonyl (C=O) groups excluding carboxylic acids is 2. The van der Waals surface area contributed by atoms with E-state index in [0.717, 1.165) is 5.56 Å².